The fourth-order valence-corrected chi connectivity index (χ4v) is 1.91. The number of ether oxygens (including phenoxy) is 1. The van der Waals surface area contributed by atoms with Crippen LogP contribution in [0.5, 0.6) is 11.5 Å². The van der Waals surface area contributed by atoms with Crippen LogP contribution < -0.4 is 10.1 Å². The van der Waals surface area contributed by atoms with E-state index in [1.165, 1.54) is 19.2 Å². The predicted molar refractivity (Wildman–Crippen MR) is 74.0 cm³/mol. The fraction of sp³-hybridized carbons (Fsp3) is 0.267. The van der Waals surface area contributed by atoms with Gasteiger partial charge in [0.25, 0.3) is 5.91 Å². The molecule has 106 valence electrons. The predicted octanol–water partition coefficient (Wildman–Crippen LogP) is 2.35. The summed E-state index contributed by atoms with van der Waals surface area (Å²) in [4.78, 5) is 12.1. The summed E-state index contributed by atoms with van der Waals surface area (Å²) < 4.78 is 10.2. The smallest absolute Gasteiger partial charge is 0.255 e. The second-order valence-electron chi connectivity index (χ2n) is 4.54. The van der Waals surface area contributed by atoms with E-state index < -0.39 is 0 Å². The number of phenols is 1. The number of benzene rings is 1. The number of hydrogen-bond acceptors (Lipinski definition) is 4. The maximum atomic E-state index is 12.1. The molecule has 2 rings (SSSR count). The molecule has 0 saturated heterocycles. The number of furan rings is 1. The maximum absolute atomic E-state index is 12.1. The van der Waals surface area contributed by atoms with Crippen molar-refractivity contribution in [3.8, 4) is 11.5 Å². The molecule has 1 aromatic carbocycles. The Hall–Kier alpha value is -2.43. The summed E-state index contributed by atoms with van der Waals surface area (Å²) in [6.07, 6.45) is 2.19. The van der Waals surface area contributed by atoms with Gasteiger partial charge in [-0.25, -0.2) is 0 Å². The summed E-state index contributed by atoms with van der Waals surface area (Å²) in [6.45, 7) is 1.88. The first-order valence-electron chi connectivity index (χ1n) is 6.30. The van der Waals surface area contributed by atoms with E-state index in [1.807, 2.05) is 13.0 Å². The van der Waals surface area contributed by atoms with Gasteiger partial charge in [0.2, 0.25) is 0 Å². The number of carbonyl (C=O) groups excluding carboxylic acids is 1. The molecule has 2 N–H and O–H groups in total. The lowest BCUT2D eigenvalue weighted by Crippen LogP contribution is -2.34. The van der Waals surface area contributed by atoms with Gasteiger partial charge in [-0.1, -0.05) is 0 Å². The first kappa shape index (κ1) is 14.0. The summed E-state index contributed by atoms with van der Waals surface area (Å²) in [5, 5.41) is 12.6. The van der Waals surface area contributed by atoms with Crippen LogP contribution in [0.3, 0.4) is 0 Å². The number of nitrogens with one attached hydrogen (secondary N) is 1. The molecule has 0 radical (unpaired) electrons. The molecule has 5 heteroatoms. The van der Waals surface area contributed by atoms with E-state index in [4.69, 9.17) is 9.15 Å². The molecule has 20 heavy (non-hydrogen) atoms. The number of aromatic hydroxyl groups is 1. The zero-order valence-corrected chi connectivity index (χ0v) is 11.4. The van der Waals surface area contributed by atoms with Gasteiger partial charge in [0.05, 0.1) is 18.9 Å². The number of rotatable bonds is 5. The van der Waals surface area contributed by atoms with Crippen LogP contribution in [0.2, 0.25) is 0 Å². The quantitative estimate of drug-likeness (QED) is 0.878. The van der Waals surface area contributed by atoms with E-state index in [0.29, 0.717) is 12.2 Å². The van der Waals surface area contributed by atoms with Crippen LogP contribution in [0, 0.1) is 0 Å². The van der Waals surface area contributed by atoms with Crippen LogP contribution in [0.1, 0.15) is 23.0 Å². The summed E-state index contributed by atoms with van der Waals surface area (Å²) >= 11 is 0. The Balaban J connectivity index is 2.00. The van der Waals surface area contributed by atoms with Gasteiger partial charge < -0.3 is 19.6 Å². The zero-order chi connectivity index (χ0) is 14.5. The lowest BCUT2D eigenvalue weighted by atomic mass is 10.1. The van der Waals surface area contributed by atoms with E-state index in [2.05, 4.69) is 5.32 Å². The van der Waals surface area contributed by atoms with Gasteiger partial charge in [0.1, 0.15) is 17.3 Å². The minimum Gasteiger partial charge on any atom is -0.507 e. The van der Waals surface area contributed by atoms with E-state index >= 15 is 0 Å². The van der Waals surface area contributed by atoms with Crippen molar-refractivity contribution in [2.24, 2.45) is 0 Å². The molecule has 1 atom stereocenters. The van der Waals surface area contributed by atoms with Gasteiger partial charge in [-0.3, -0.25) is 4.79 Å². The van der Waals surface area contributed by atoms with Crippen molar-refractivity contribution in [2.75, 3.05) is 7.11 Å². The average Bonchev–Trinajstić information content (AvgIpc) is 2.90. The molecule has 0 fully saturated rings. The van der Waals surface area contributed by atoms with Crippen molar-refractivity contribution in [1.82, 2.24) is 5.32 Å². The van der Waals surface area contributed by atoms with Crippen LogP contribution in [-0.2, 0) is 6.42 Å². The highest BCUT2D eigenvalue weighted by atomic mass is 16.5. The third-order valence-corrected chi connectivity index (χ3v) is 2.91. The first-order chi connectivity index (χ1) is 9.60. The van der Waals surface area contributed by atoms with Crippen LogP contribution in [0.15, 0.2) is 41.0 Å². The Labute approximate surface area is 117 Å². The minimum absolute atomic E-state index is 0.102. The topological polar surface area (TPSA) is 71.7 Å². The summed E-state index contributed by atoms with van der Waals surface area (Å²) in [5.41, 5.74) is 0.220. The van der Waals surface area contributed by atoms with Crippen molar-refractivity contribution >= 4 is 5.91 Å². The van der Waals surface area contributed by atoms with E-state index in [-0.39, 0.29) is 23.3 Å². The molecule has 0 aliphatic carbocycles. The van der Waals surface area contributed by atoms with Gasteiger partial charge in [0, 0.05) is 18.5 Å². The third kappa shape index (κ3) is 3.32. The van der Waals surface area contributed by atoms with Crippen LogP contribution in [0.25, 0.3) is 0 Å². The highest BCUT2D eigenvalue weighted by Gasteiger charge is 2.15. The summed E-state index contributed by atoms with van der Waals surface area (Å²) in [6, 6.07) is 8.13. The Morgan fingerprint density at radius 3 is 2.85 bits per heavy atom. The number of amides is 1. The molecule has 0 spiro atoms. The second-order valence-corrected chi connectivity index (χ2v) is 4.54. The Morgan fingerprint density at radius 2 is 2.25 bits per heavy atom. The average molecular weight is 275 g/mol. The molecule has 0 bridgehead atoms. The lowest BCUT2D eigenvalue weighted by Gasteiger charge is -2.13. The Bertz CT molecular complexity index is 578. The fourth-order valence-electron chi connectivity index (χ4n) is 1.91. The van der Waals surface area contributed by atoms with Gasteiger partial charge in [0.15, 0.2) is 0 Å². The minimum atomic E-state index is -0.329. The molecular weight excluding hydrogens is 258 g/mol. The lowest BCUT2D eigenvalue weighted by molar-refractivity contribution is 0.0936. The molecule has 1 heterocycles. The van der Waals surface area contributed by atoms with Crippen molar-refractivity contribution in [3.05, 3.63) is 47.9 Å². The largest absolute Gasteiger partial charge is 0.507 e. The zero-order valence-electron chi connectivity index (χ0n) is 11.4. The Morgan fingerprint density at radius 1 is 1.45 bits per heavy atom. The van der Waals surface area contributed by atoms with E-state index in [1.54, 1.807) is 18.4 Å². The van der Waals surface area contributed by atoms with Crippen molar-refractivity contribution < 1.29 is 19.1 Å². The van der Waals surface area contributed by atoms with Gasteiger partial charge in [-0.15, -0.1) is 0 Å². The van der Waals surface area contributed by atoms with Crippen LogP contribution in [-0.4, -0.2) is 24.2 Å². The molecule has 2 aromatic rings. The van der Waals surface area contributed by atoms with Crippen LogP contribution in [0.4, 0.5) is 0 Å². The molecule has 1 aromatic heterocycles. The van der Waals surface area contributed by atoms with E-state index in [0.717, 1.165) is 5.76 Å². The molecule has 0 aliphatic heterocycles. The van der Waals surface area contributed by atoms with Crippen molar-refractivity contribution in [1.29, 1.82) is 0 Å². The summed E-state index contributed by atoms with van der Waals surface area (Å²) in [7, 11) is 1.50. The SMILES string of the molecule is COc1ccc(C(=O)NC(C)Cc2ccco2)c(O)c1. The molecule has 0 aliphatic rings. The van der Waals surface area contributed by atoms with Gasteiger partial charge >= 0.3 is 0 Å². The van der Waals surface area contributed by atoms with Crippen LogP contribution >= 0.6 is 0 Å². The maximum Gasteiger partial charge on any atom is 0.255 e. The Kier molecular flexibility index (Phi) is 4.30. The molecule has 0 saturated carbocycles. The molecular formula is C15H17NO4. The van der Waals surface area contributed by atoms with E-state index in [9.17, 15) is 9.90 Å². The highest BCUT2D eigenvalue weighted by Crippen LogP contribution is 2.23. The highest BCUT2D eigenvalue weighted by molar-refractivity contribution is 5.97. The van der Waals surface area contributed by atoms with Crippen molar-refractivity contribution in [3.63, 3.8) is 0 Å². The first-order valence-corrected chi connectivity index (χ1v) is 6.30. The standard InChI is InChI=1S/C15H17NO4/c1-10(8-12-4-3-7-20-12)16-15(18)13-6-5-11(19-2)9-14(13)17/h3-7,9-10,17H,8H2,1-2H3,(H,16,18). The molecule has 1 amide bonds. The normalized spacial score (nSPS) is 11.9. The van der Waals surface area contributed by atoms with Crippen molar-refractivity contribution in [2.45, 2.75) is 19.4 Å². The third-order valence-electron chi connectivity index (χ3n) is 2.91. The van der Waals surface area contributed by atoms with Gasteiger partial charge in [-0.2, -0.15) is 0 Å². The summed E-state index contributed by atoms with van der Waals surface area (Å²) in [5.74, 6) is 0.871. The number of phenolic OH excluding ortho intramolecular Hbond substituents is 1. The molecule has 5 nitrogen and oxygen atoms in total. The number of methoxy groups -OCH3 is 1. The number of carbonyl (C=O) groups is 1. The van der Waals surface area contributed by atoms with Gasteiger partial charge in [-0.05, 0) is 31.2 Å². The monoisotopic (exact) mass is 275 g/mol. The molecule has 1 unspecified atom stereocenters. The number of hydrogen-bond donors (Lipinski definition) is 2. The second kappa shape index (κ2) is 6.14.